The molecule has 0 saturated carbocycles. The lowest BCUT2D eigenvalue weighted by atomic mass is 10.0. The van der Waals surface area contributed by atoms with Crippen LogP contribution >= 0.6 is 0 Å². The predicted molar refractivity (Wildman–Crippen MR) is 134 cm³/mol. The van der Waals surface area contributed by atoms with Gasteiger partial charge in [0.05, 0.1) is 0 Å². The largest absolute Gasteiger partial charge is 0.205 e. The second-order valence-corrected chi connectivity index (χ2v) is 9.56. The van der Waals surface area contributed by atoms with Crippen molar-refractivity contribution in [2.75, 3.05) is 0 Å². The molecule has 1 heteroatoms. The average molecular weight is 417 g/mol. The van der Waals surface area contributed by atoms with E-state index >= 15 is 0 Å². The summed E-state index contributed by atoms with van der Waals surface area (Å²) in [4.78, 5) is 0. The standard InChI is InChI=1S/C29H54N/c1-3-5-7-8-9-10-11-12-13-14-15-16-17-18-19-20-22-26-30-27-24-29(25-28-30)23-21-6-4-2/h24-25,27-28H,3-23,26H2,1-2H3/q+1. The molecule has 30 heavy (non-hydrogen) atoms. The summed E-state index contributed by atoms with van der Waals surface area (Å²) in [6.45, 7) is 5.76. The van der Waals surface area contributed by atoms with Crippen LogP contribution in [0.3, 0.4) is 0 Å². The van der Waals surface area contributed by atoms with Crippen LogP contribution < -0.4 is 4.57 Å². The van der Waals surface area contributed by atoms with Gasteiger partial charge in [-0.05, 0) is 24.8 Å². The Labute approximate surface area is 190 Å². The summed E-state index contributed by atoms with van der Waals surface area (Å²) in [7, 11) is 0. The van der Waals surface area contributed by atoms with Gasteiger partial charge in [-0.1, -0.05) is 123 Å². The highest BCUT2D eigenvalue weighted by molar-refractivity contribution is 5.07. The minimum atomic E-state index is 1.19. The van der Waals surface area contributed by atoms with Crippen molar-refractivity contribution in [2.24, 2.45) is 0 Å². The molecule has 0 aromatic carbocycles. The van der Waals surface area contributed by atoms with E-state index in [4.69, 9.17) is 0 Å². The van der Waals surface area contributed by atoms with Crippen molar-refractivity contribution in [1.82, 2.24) is 0 Å². The highest BCUT2D eigenvalue weighted by Crippen LogP contribution is 2.14. The fourth-order valence-electron chi connectivity index (χ4n) is 4.40. The molecule has 1 heterocycles. The Morgan fingerprint density at radius 2 is 0.833 bits per heavy atom. The molecule has 0 amide bonds. The Bertz CT molecular complexity index is 450. The Kier molecular flexibility index (Phi) is 19.4. The Balaban J connectivity index is 1.80. The molecule has 0 unspecified atom stereocenters. The molecule has 0 spiro atoms. The van der Waals surface area contributed by atoms with Gasteiger partial charge in [0.1, 0.15) is 6.54 Å². The minimum Gasteiger partial charge on any atom is -0.205 e. The van der Waals surface area contributed by atoms with Gasteiger partial charge in [0.25, 0.3) is 0 Å². The van der Waals surface area contributed by atoms with Crippen molar-refractivity contribution in [3.05, 3.63) is 30.1 Å². The van der Waals surface area contributed by atoms with Gasteiger partial charge in [-0.2, -0.15) is 0 Å². The summed E-state index contributed by atoms with van der Waals surface area (Å²) in [5.41, 5.74) is 1.50. The first kappa shape index (κ1) is 27.2. The number of unbranched alkanes of at least 4 members (excludes halogenated alkanes) is 18. The Morgan fingerprint density at radius 1 is 0.467 bits per heavy atom. The van der Waals surface area contributed by atoms with Crippen LogP contribution in [0.25, 0.3) is 0 Å². The zero-order valence-corrected chi connectivity index (χ0v) is 20.8. The second kappa shape index (κ2) is 21.4. The Hall–Kier alpha value is -0.850. The van der Waals surface area contributed by atoms with Gasteiger partial charge < -0.3 is 0 Å². The van der Waals surface area contributed by atoms with E-state index in [1.54, 1.807) is 0 Å². The van der Waals surface area contributed by atoms with Crippen LogP contribution in [0.2, 0.25) is 0 Å². The third-order valence-electron chi connectivity index (χ3n) is 6.55. The van der Waals surface area contributed by atoms with Crippen molar-refractivity contribution in [3.8, 4) is 0 Å². The fraction of sp³-hybridized carbons (Fsp3) is 0.828. The van der Waals surface area contributed by atoms with Crippen molar-refractivity contribution in [1.29, 1.82) is 0 Å². The van der Waals surface area contributed by atoms with E-state index in [0.29, 0.717) is 0 Å². The average Bonchev–Trinajstić information content (AvgIpc) is 2.77. The summed E-state index contributed by atoms with van der Waals surface area (Å²) < 4.78 is 2.37. The number of pyridine rings is 1. The molecule has 0 aliphatic rings. The maximum Gasteiger partial charge on any atom is 0.169 e. The van der Waals surface area contributed by atoms with E-state index < -0.39 is 0 Å². The molecule has 1 aromatic rings. The Morgan fingerprint density at radius 3 is 1.27 bits per heavy atom. The number of rotatable bonds is 22. The van der Waals surface area contributed by atoms with Crippen molar-refractivity contribution in [2.45, 2.75) is 155 Å². The molecule has 174 valence electrons. The lowest BCUT2D eigenvalue weighted by molar-refractivity contribution is -0.697. The highest BCUT2D eigenvalue weighted by atomic mass is 14.9. The molecule has 1 aromatic heterocycles. The van der Waals surface area contributed by atoms with Crippen LogP contribution in [0, 0.1) is 0 Å². The molecule has 0 aliphatic heterocycles. The van der Waals surface area contributed by atoms with Crippen LogP contribution in [-0.4, -0.2) is 0 Å². The molecular weight excluding hydrogens is 362 g/mol. The van der Waals surface area contributed by atoms with Gasteiger partial charge in [0.2, 0.25) is 0 Å². The molecular formula is C29H54N+. The van der Waals surface area contributed by atoms with E-state index in [1.807, 2.05) is 0 Å². The minimum absolute atomic E-state index is 1.19. The van der Waals surface area contributed by atoms with Gasteiger partial charge in [0.15, 0.2) is 12.4 Å². The predicted octanol–water partition coefficient (Wildman–Crippen LogP) is 9.36. The number of aryl methyl sites for hydroxylation is 2. The summed E-state index contributed by atoms with van der Waals surface area (Å²) in [6.07, 6.45) is 34.4. The van der Waals surface area contributed by atoms with Gasteiger partial charge in [0, 0.05) is 18.6 Å². The summed E-state index contributed by atoms with van der Waals surface area (Å²) >= 11 is 0. The third kappa shape index (κ3) is 16.9. The number of aromatic nitrogens is 1. The van der Waals surface area contributed by atoms with E-state index in [-0.39, 0.29) is 0 Å². The van der Waals surface area contributed by atoms with Crippen LogP contribution in [0.1, 0.15) is 148 Å². The molecule has 0 saturated heterocycles. The zero-order valence-electron chi connectivity index (χ0n) is 20.8. The summed E-state index contributed by atoms with van der Waals surface area (Å²) in [5, 5.41) is 0. The maximum atomic E-state index is 2.37. The fourth-order valence-corrected chi connectivity index (χ4v) is 4.40. The van der Waals surface area contributed by atoms with Crippen LogP contribution in [0.15, 0.2) is 24.5 Å². The molecule has 0 fully saturated rings. The first-order valence-corrected chi connectivity index (χ1v) is 13.8. The first-order chi connectivity index (χ1) is 14.9. The molecule has 0 N–H and O–H groups in total. The smallest absolute Gasteiger partial charge is 0.169 e. The SMILES string of the molecule is CCCCCCCCCCCCCCCCCCC[n+]1ccc(CCCCC)cc1. The second-order valence-electron chi connectivity index (χ2n) is 9.56. The van der Waals surface area contributed by atoms with Gasteiger partial charge >= 0.3 is 0 Å². The van der Waals surface area contributed by atoms with Gasteiger partial charge in [-0.15, -0.1) is 0 Å². The van der Waals surface area contributed by atoms with Crippen LogP contribution in [0.4, 0.5) is 0 Å². The van der Waals surface area contributed by atoms with Crippen molar-refractivity contribution >= 4 is 0 Å². The van der Waals surface area contributed by atoms with Crippen LogP contribution in [-0.2, 0) is 13.0 Å². The monoisotopic (exact) mass is 416 g/mol. The van der Waals surface area contributed by atoms with Crippen molar-refractivity contribution in [3.63, 3.8) is 0 Å². The zero-order chi connectivity index (χ0) is 21.5. The molecule has 1 nitrogen and oxygen atoms in total. The molecule has 0 radical (unpaired) electrons. The molecule has 0 aliphatic carbocycles. The van der Waals surface area contributed by atoms with Gasteiger partial charge in [-0.3, -0.25) is 0 Å². The molecule has 0 bridgehead atoms. The topological polar surface area (TPSA) is 3.88 Å². The highest BCUT2D eigenvalue weighted by Gasteiger charge is 2.01. The lowest BCUT2D eigenvalue weighted by Crippen LogP contribution is -2.32. The normalized spacial score (nSPS) is 11.3. The first-order valence-electron chi connectivity index (χ1n) is 13.8. The lowest BCUT2D eigenvalue weighted by Gasteiger charge is -2.03. The molecule has 1 rings (SSSR count). The van der Waals surface area contributed by atoms with Gasteiger partial charge in [-0.25, -0.2) is 4.57 Å². The molecule has 0 atom stereocenters. The number of hydrogen-bond donors (Lipinski definition) is 0. The maximum absolute atomic E-state index is 2.37. The quantitative estimate of drug-likeness (QED) is 0.131. The van der Waals surface area contributed by atoms with E-state index in [0.717, 1.165) is 0 Å². The third-order valence-corrected chi connectivity index (χ3v) is 6.55. The van der Waals surface area contributed by atoms with E-state index in [1.165, 1.54) is 147 Å². The van der Waals surface area contributed by atoms with Crippen LogP contribution in [0.5, 0.6) is 0 Å². The number of hydrogen-bond acceptors (Lipinski definition) is 0. The van der Waals surface area contributed by atoms with E-state index in [2.05, 4.69) is 42.9 Å². The number of nitrogens with zero attached hydrogens (tertiary/aromatic N) is 1. The van der Waals surface area contributed by atoms with E-state index in [9.17, 15) is 0 Å². The summed E-state index contributed by atoms with van der Waals surface area (Å²) in [6, 6.07) is 4.65. The van der Waals surface area contributed by atoms with Crippen molar-refractivity contribution < 1.29 is 4.57 Å². The summed E-state index contributed by atoms with van der Waals surface area (Å²) in [5.74, 6) is 0.